The zero-order chi connectivity index (χ0) is 21.9. The van der Waals surface area contributed by atoms with E-state index in [1.807, 2.05) is 0 Å². The lowest BCUT2D eigenvalue weighted by Gasteiger charge is -2.10. The van der Waals surface area contributed by atoms with Crippen molar-refractivity contribution in [1.82, 2.24) is 9.55 Å². The van der Waals surface area contributed by atoms with Gasteiger partial charge in [0, 0.05) is 37.8 Å². The lowest BCUT2D eigenvalue weighted by atomic mass is 10.1. The summed E-state index contributed by atoms with van der Waals surface area (Å²) >= 11 is 5.29. The van der Waals surface area contributed by atoms with Gasteiger partial charge >= 0.3 is 0 Å². The van der Waals surface area contributed by atoms with Gasteiger partial charge in [-0.25, -0.2) is 8.42 Å². The van der Waals surface area contributed by atoms with Crippen LogP contribution in [0.2, 0.25) is 0 Å². The highest BCUT2D eigenvalue weighted by molar-refractivity contribution is 7.90. The Morgan fingerprint density at radius 1 is 1.23 bits per heavy atom. The van der Waals surface area contributed by atoms with Crippen LogP contribution in [0.4, 0.5) is 5.69 Å². The van der Waals surface area contributed by atoms with Gasteiger partial charge in [0.05, 0.1) is 15.8 Å². The molecule has 8 nitrogen and oxygen atoms in total. The maximum Gasteiger partial charge on any atom is 0.262 e. The Morgan fingerprint density at radius 2 is 2.00 bits per heavy atom. The number of amides is 1. The van der Waals surface area contributed by atoms with E-state index in [0.717, 1.165) is 6.26 Å². The number of fused-ring (bicyclic) bond motifs is 1. The summed E-state index contributed by atoms with van der Waals surface area (Å²) in [5, 5.41) is 3.08. The third kappa shape index (κ3) is 4.84. The average Bonchev–Trinajstić information content (AvgIpc) is 2.69. The lowest BCUT2D eigenvalue weighted by Crippen LogP contribution is -2.23. The summed E-state index contributed by atoms with van der Waals surface area (Å²) in [6.07, 6.45) is 1.74. The molecule has 1 amide bonds. The monoisotopic (exact) mass is 447 g/mol. The van der Waals surface area contributed by atoms with Crippen molar-refractivity contribution in [3.8, 4) is 0 Å². The fourth-order valence-electron chi connectivity index (χ4n) is 2.97. The Hall–Kier alpha value is -2.82. The van der Waals surface area contributed by atoms with Crippen LogP contribution in [0.1, 0.15) is 16.8 Å². The van der Waals surface area contributed by atoms with E-state index in [1.165, 1.54) is 22.8 Å². The maximum absolute atomic E-state index is 12.7. The van der Waals surface area contributed by atoms with Gasteiger partial charge in [-0.1, -0.05) is 6.07 Å². The molecule has 1 heterocycles. The van der Waals surface area contributed by atoms with Crippen molar-refractivity contribution in [3.63, 3.8) is 0 Å². The van der Waals surface area contributed by atoms with Gasteiger partial charge in [0.15, 0.2) is 14.6 Å². The van der Waals surface area contributed by atoms with Gasteiger partial charge in [-0.2, -0.15) is 0 Å². The topological polar surface area (TPSA) is 110 Å². The minimum atomic E-state index is -3.39. The van der Waals surface area contributed by atoms with Crippen LogP contribution >= 0.6 is 12.2 Å². The molecule has 0 unspecified atom stereocenters. The first-order chi connectivity index (χ1) is 14.2. The minimum Gasteiger partial charge on any atom is -0.385 e. The molecule has 10 heteroatoms. The van der Waals surface area contributed by atoms with E-state index in [4.69, 9.17) is 17.0 Å². The highest BCUT2D eigenvalue weighted by Gasteiger charge is 2.12. The van der Waals surface area contributed by atoms with Crippen molar-refractivity contribution in [2.45, 2.75) is 17.9 Å². The second-order valence-corrected chi connectivity index (χ2v) is 9.15. The number of carbonyl (C=O) groups excluding carboxylic acids is 1. The third-order valence-corrected chi connectivity index (χ3v) is 5.93. The van der Waals surface area contributed by atoms with E-state index in [1.54, 1.807) is 31.4 Å². The molecule has 3 rings (SSSR count). The number of aromatic nitrogens is 2. The predicted molar refractivity (Wildman–Crippen MR) is 117 cm³/mol. The van der Waals surface area contributed by atoms with Gasteiger partial charge < -0.3 is 15.0 Å². The summed E-state index contributed by atoms with van der Waals surface area (Å²) in [5.41, 5.74) is 0.863. The number of benzene rings is 2. The van der Waals surface area contributed by atoms with E-state index in [-0.39, 0.29) is 15.2 Å². The quantitative estimate of drug-likeness (QED) is 0.426. The van der Waals surface area contributed by atoms with Crippen LogP contribution in [0.15, 0.2) is 52.2 Å². The van der Waals surface area contributed by atoms with Gasteiger partial charge in [-0.05, 0) is 55.0 Å². The number of sulfone groups is 1. The molecule has 0 aliphatic rings. The number of hydrogen-bond donors (Lipinski definition) is 2. The standard InChI is InChI=1S/C20H21N3O5S2/c1-28-10-4-9-23-19(25)16-8-7-13(11-17(16)22-20(23)29)18(24)21-14-5-3-6-15(12-14)30(2,26)27/h3,5-8,11-12H,4,9-10H2,1-2H3,(H,21,24)(H,22,29). The van der Waals surface area contributed by atoms with Crippen molar-refractivity contribution >= 4 is 44.6 Å². The zero-order valence-corrected chi connectivity index (χ0v) is 18.1. The number of methoxy groups -OCH3 is 1. The molecule has 0 aliphatic carbocycles. The molecule has 0 fully saturated rings. The highest BCUT2D eigenvalue weighted by atomic mass is 32.2. The SMILES string of the molecule is COCCCn1c(=S)[nH]c2cc(C(=O)Nc3cccc(S(C)(=O)=O)c3)ccc2c1=O. The zero-order valence-electron chi connectivity index (χ0n) is 16.5. The van der Waals surface area contributed by atoms with E-state index in [0.29, 0.717) is 41.7 Å². The van der Waals surface area contributed by atoms with Crippen LogP contribution in [0, 0.1) is 4.77 Å². The normalized spacial score (nSPS) is 11.5. The van der Waals surface area contributed by atoms with E-state index in [9.17, 15) is 18.0 Å². The van der Waals surface area contributed by atoms with Crippen molar-refractivity contribution < 1.29 is 17.9 Å². The Morgan fingerprint density at radius 3 is 2.70 bits per heavy atom. The van der Waals surface area contributed by atoms with Crippen LogP contribution in [0.25, 0.3) is 10.9 Å². The Labute approximate surface area is 178 Å². The molecule has 0 atom stereocenters. The molecule has 0 saturated heterocycles. The van der Waals surface area contributed by atoms with Crippen molar-refractivity contribution in [1.29, 1.82) is 0 Å². The Bertz CT molecular complexity index is 1330. The number of rotatable bonds is 7. The fraction of sp³-hybridized carbons (Fsp3) is 0.250. The molecule has 158 valence electrons. The summed E-state index contributed by atoms with van der Waals surface area (Å²) in [5.74, 6) is -0.439. The van der Waals surface area contributed by atoms with Crippen molar-refractivity contribution in [2.75, 3.05) is 25.3 Å². The molecule has 0 aliphatic heterocycles. The molecule has 0 spiro atoms. The number of aromatic amines is 1. The number of nitrogens with one attached hydrogen (secondary N) is 2. The first-order valence-corrected chi connectivity index (χ1v) is 11.4. The first kappa shape index (κ1) is 21.9. The minimum absolute atomic E-state index is 0.108. The van der Waals surface area contributed by atoms with Gasteiger partial charge in [0.1, 0.15) is 0 Å². The van der Waals surface area contributed by atoms with Crippen LogP contribution in [0.5, 0.6) is 0 Å². The van der Waals surface area contributed by atoms with E-state index in [2.05, 4.69) is 10.3 Å². The second-order valence-electron chi connectivity index (χ2n) is 6.75. The summed E-state index contributed by atoms with van der Waals surface area (Å²) in [6, 6.07) is 10.6. The van der Waals surface area contributed by atoms with Crippen LogP contribution in [-0.2, 0) is 21.1 Å². The summed E-state index contributed by atoms with van der Waals surface area (Å²) in [4.78, 5) is 28.5. The summed E-state index contributed by atoms with van der Waals surface area (Å²) < 4.78 is 30.1. The smallest absolute Gasteiger partial charge is 0.262 e. The number of ether oxygens (including phenoxy) is 1. The molecule has 0 bridgehead atoms. The predicted octanol–water partition coefficient (Wildman–Crippen LogP) is 2.75. The van der Waals surface area contributed by atoms with Gasteiger partial charge in [0.25, 0.3) is 11.5 Å². The second kappa shape index (κ2) is 8.90. The molecule has 30 heavy (non-hydrogen) atoms. The largest absolute Gasteiger partial charge is 0.385 e. The molecule has 2 N–H and O–H groups in total. The molecule has 2 aromatic carbocycles. The van der Waals surface area contributed by atoms with Crippen LogP contribution in [-0.4, -0.2) is 43.8 Å². The lowest BCUT2D eigenvalue weighted by molar-refractivity contribution is 0.102. The first-order valence-electron chi connectivity index (χ1n) is 9.08. The fourth-order valence-corrected chi connectivity index (χ4v) is 3.92. The van der Waals surface area contributed by atoms with Crippen LogP contribution < -0.4 is 10.9 Å². The van der Waals surface area contributed by atoms with E-state index < -0.39 is 15.7 Å². The average molecular weight is 448 g/mol. The molecule has 0 saturated carbocycles. The number of carbonyl (C=O) groups is 1. The highest BCUT2D eigenvalue weighted by Crippen LogP contribution is 2.17. The number of anilines is 1. The Balaban J connectivity index is 1.90. The summed E-state index contributed by atoms with van der Waals surface area (Å²) in [6.45, 7) is 0.940. The Kier molecular flexibility index (Phi) is 6.49. The molecular formula is C20H21N3O5S2. The van der Waals surface area contributed by atoms with Crippen molar-refractivity contribution in [3.05, 3.63) is 63.2 Å². The van der Waals surface area contributed by atoms with Gasteiger partial charge in [0.2, 0.25) is 0 Å². The molecule has 3 aromatic rings. The van der Waals surface area contributed by atoms with Gasteiger partial charge in [-0.3, -0.25) is 14.2 Å². The third-order valence-electron chi connectivity index (χ3n) is 4.49. The maximum atomic E-state index is 12.7. The van der Waals surface area contributed by atoms with Gasteiger partial charge in [-0.15, -0.1) is 0 Å². The van der Waals surface area contributed by atoms with Crippen molar-refractivity contribution in [2.24, 2.45) is 0 Å². The molecule has 0 radical (unpaired) electrons. The van der Waals surface area contributed by atoms with Crippen LogP contribution in [0.3, 0.4) is 0 Å². The molecular weight excluding hydrogens is 426 g/mol. The molecule has 1 aromatic heterocycles. The van der Waals surface area contributed by atoms with E-state index >= 15 is 0 Å². The number of hydrogen-bond acceptors (Lipinski definition) is 6. The number of nitrogens with zero attached hydrogens (tertiary/aromatic N) is 1. The summed E-state index contributed by atoms with van der Waals surface area (Å²) in [7, 11) is -1.80. The number of H-pyrrole nitrogens is 1.